The van der Waals surface area contributed by atoms with Crippen LogP contribution in [0, 0.1) is 17.6 Å². The van der Waals surface area contributed by atoms with Gasteiger partial charge in [-0.25, -0.2) is 18.7 Å². The van der Waals surface area contributed by atoms with E-state index in [9.17, 15) is 13.6 Å². The Morgan fingerprint density at radius 2 is 1.50 bits per heavy atom. The number of nitrogen functional groups attached to an aromatic ring is 2. The predicted octanol–water partition coefficient (Wildman–Crippen LogP) is 3.82. The van der Waals surface area contributed by atoms with Crippen LogP contribution in [0.5, 0.6) is 0 Å². The van der Waals surface area contributed by atoms with Gasteiger partial charge in [0.05, 0.1) is 0 Å². The maximum Gasteiger partial charge on any atom is 0.225 e. The number of anilines is 2. The molecule has 3 aromatic rings. The number of carbonyl (C=O) groups is 1. The highest BCUT2D eigenvalue weighted by molar-refractivity contribution is 5.79. The molecule has 2 fully saturated rings. The number of carbonyl (C=O) groups excluding carboxylic acids is 1. The molecule has 5 rings (SSSR count). The SMILES string of the molecule is Nc1cc(CN2CCC(C(=O)N3CCC(N(Cc4ccnc(N)c4)Cc4ccc(F)cc4F)CC3)CC2)ccn1. The monoisotopic (exact) mass is 549 g/mol. The quantitative estimate of drug-likeness (QED) is 0.440. The Bertz CT molecular complexity index is 1310. The van der Waals surface area contributed by atoms with Crippen molar-refractivity contribution < 1.29 is 13.6 Å². The molecule has 4 N–H and O–H groups in total. The molecule has 2 aromatic heterocycles. The number of nitrogens with zero attached hydrogens (tertiary/aromatic N) is 5. The highest BCUT2D eigenvalue weighted by Gasteiger charge is 2.32. The summed E-state index contributed by atoms with van der Waals surface area (Å²) in [6.07, 6.45) is 6.67. The van der Waals surface area contributed by atoms with E-state index in [0.29, 0.717) is 43.4 Å². The van der Waals surface area contributed by atoms with Gasteiger partial charge >= 0.3 is 0 Å². The predicted molar refractivity (Wildman–Crippen MR) is 151 cm³/mol. The van der Waals surface area contributed by atoms with Crippen molar-refractivity contribution in [3.05, 3.63) is 83.2 Å². The van der Waals surface area contributed by atoms with Gasteiger partial charge in [0.15, 0.2) is 0 Å². The number of pyridine rings is 2. The van der Waals surface area contributed by atoms with E-state index in [0.717, 1.165) is 62.5 Å². The van der Waals surface area contributed by atoms with Gasteiger partial charge in [0.2, 0.25) is 5.91 Å². The van der Waals surface area contributed by atoms with E-state index < -0.39 is 11.6 Å². The third-order valence-electron chi connectivity index (χ3n) is 8.10. The van der Waals surface area contributed by atoms with E-state index in [1.165, 1.54) is 12.1 Å². The standard InChI is InChI=1S/C30H37F2N7O/c31-25-2-1-24(27(32)17-25)20-39(19-22-4-10-36-29(34)16-22)26-7-13-38(14-8-26)30(40)23-5-11-37(12-6-23)18-21-3-9-35-28(33)15-21/h1-4,9-10,15-17,23,26H,5-8,11-14,18-20H2,(H2,33,35)(H2,34,36). The van der Waals surface area contributed by atoms with Crippen molar-refractivity contribution in [3.8, 4) is 0 Å². The third kappa shape index (κ3) is 7.11. The number of nitrogens with two attached hydrogens (primary N) is 2. The van der Waals surface area contributed by atoms with Gasteiger partial charge in [-0.05, 0) is 80.2 Å². The minimum Gasteiger partial charge on any atom is -0.384 e. The average Bonchev–Trinajstić information content (AvgIpc) is 2.94. The van der Waals surface area contributed by atoms with Crippen molar-refractivity contribution in [2.45, 2.75) is 51.4 Å². The summed E-state index contributed by atoms with van der Waals surface area (Å²) in [6.45, 7) is 4.80. The fourth-order valence-electron chi connectivity index (χ4n) is 5.91. The molecule has 1 aromatic carbocycles. The second-order valence-corrected chi connectivity index (χ2v) is 10.9. The minimum atomic E-state index is -0.588. The third-order valence-corrected chi connectivity index (χ3v) is 8.10. The Morgan fingerprint density at radius 1 is 0.850 bits per heavy atom. The fraction of sp³-hybridized carbons (Fsp3) is 0.433. The van der Waals surface area contributed by atoms with Crippen LogP contribution in [0.15, 0.2) is 54.9 Å². The highest BCUT2D eigenvalue weighted by Crippen LogP contribution is 2.27. The van der Waals surface area contributed by atoms with Gasteiger partial charge in [-0.15, -0.1) is 0 Å². The molecule has 0 saturated carbocycles. The summed E-state index contributed by atoms with van der Waals surface area (Å²) in [5.74, 6) is 0.0999. The summed E-state index contributed by atoms with van der Waals surface area (Å²) >= 11 is 0. The first-order valence-electron chi connectivity index (χ1n) is 13.9. The molecule has 2 aliphatic heterocycles. The normalized spacial score (nSPS) is 17.4. The number of amides is 1. The van der Waals surface area contributed by atoms with Gasteiger partial charge in [0, 0.05) is 68.7 Å². The van der Waals surface area contributed by atoms with Gasteiger partial charge < -0.3 is 16.4 Å². The Hall–Kier alpha value is -3.63. The lowest BCUT2D eigenvalue weighted by Crippen LogP contribution is -2.49. The van der Waals surface area contributed by atoms with Gasteiger partial charge in [0.1, 0.15) is 23.3 Å². The van der Waals surface area contributed by atoms with Crippen molar-refractivity contribution >= 4 is 17.5 Å². The number of piperidine rings is 2. The minimum absolute atomic E-state index is 0.0412. The average molecular weight is 550 g/mol. The lowest BCUT2D eigenvalue weighted by molar-refractivity contribution is -0.138. The molecule has 0 bridgehead atoms. The number of likely N-dealkylation sites (tertiary alicyclic amines) is 2. The number of benzene rings is 1. The van der Waals surface area contributed by atoms with Crippen LogP contribution in [0.25, 0.3) is 0 Å². The molecule has 4 heterocycles. The van der Waals surface area contributed by atoms with E-state index in [2.05, 4.69) is 19.8 Å². The topological polar surface area (TPSA) is 105 Å². The lowest BCUT2D eigenvalue weighted by atomic mass is 9.93. The van der Waals surface area contributed by atoms with Crippen LogP contribution in [0.2, 0.25) is 0 Å². The summed E-state index contributed by atoms with van der Waals surface area (Å²) in [5.41, 5.74) is 14.3. The van der Waals surface area contributed by atoms with Crippen molar-refractivity contribution in [1.29, 1.82) is 0 Å². The molecule has 40 heavy (non-hydrogen) atoms. The largest absolute Gasteiger partial charge is 0.384 e. The first-order chi connectivity index (χ1) is 19.3. The van der Waals surface area contributed by atoms with E-state index in [1.807, 2.05) is 29.2 Å². The second-order valence-electron chi connectivity index (χ2n) is 10.9. The summed E-state index contributed by atoms with van der Waals surface area (Å²) in [7, 11) is 0. The number of halogens is 2. The first-order valence-corrected chi connectivity index (χ1v) is 13.9. The maximum atomic E-state index is 14.6. The van der Waals surface area contributed by atoms with Crippen LogP contribution in [0.1, 0.15) is 42.4 Å². The zero-order valence-electron chi connectivity index (χ0n) is 22.7. The van der Waals surface area contributed by atoms with Gasteiger partial charge in [0.25, 0.3) is 0 Å². The second kappa shape index (κ2) is 12.7. The van der Waals surface area contributed by atoms with Crippen LogP contribution < -0.4 is 11.5 Å². The van der Waals surface area contributed by atoms with Gasteiger partial charge in [-0.2, -0.15) is 0 Å². The maximum absolute atomic E-state index is 14.6. The van der Waals surface area contributed by atoms with Gasteiger partial charge in [-0.3, -0.25) is 14.6 Å². The summed E-state index contributed by atoms with van der Waals surface area (Å²) in [6, 6.07) is 11.5. The van der Waals surface area contributed by atoms with Crippen LogP contribution in [0.4, 0.5) is 20.4 Å². The molecular formula is C30H37F2N7O. The molecule has 0 atom stereocenters. The Labute approximate surface area is 234 Å². The smallest absolute Gasteiger partial charge is 0.225 e. The molecule has 0 spiro atoms. The summed E-state index contributed by atoms with van der Waals surface area (Å²) in [4.78, 5) is 28.1. The molecule has 0 radical (unpaired) electrons. The summed E-state index contributed by atoms with van der Waals surface area (Å²) < 4.78 is 28.1. The first kappa shape index (κ1) is 27.9. The molecule has 2 aliphatic rings. The molecule has 10 heteroatoms. The van der Waals surface area contributed by atoms with Crippen LogP contribution >= 0.6 is 0 Å². The molecule has 1 amide bonds. The zero-order chi connectivity index (χ0) is 28.1. The molecule has 8 nitrogen and oxygen atoms in total. The zero-order valence-corrected chi connectivity index (χ0v) is 22.7. The fourth-order valence-corrected chi connectivity index (χ4v) is 5.91. The number of aromatic nitrogens is 2. The van der Waals surface area contributed by atoms with Crippen molar-refractivity contribution in [2.24, 2.45) is 5.92 Å². The molecule has 212 valence electrons. The lowest BCUT2D eigenvalue weighted by Gasteiger charge is -2.41. The van der Waals surface area contributed by atoms with E-state index >= 15 is 0 Å². The molecule has 2 saturated heterocycles. The van der Waals surface area contributed by atoms with Crippen LogP contribution in [-0.2, 0) is 24.4 Å². The summed E-state index contributed by atoms with van der Waals surface area (Å²) in [5, 5.41) is 0. The molecular weight excluding hydrogens is 512 g/mol. The Kier molecular flexibility index (Phi) is 8.86. The Morgan fingerprint density at radius 3 is 2.15 bits per heavy atom. The number of rotatable bonds is 8. The van der Waals surface area contributed by atoms with E-state index in [4.69, 9.17) is 11.5 Å². The number of hydrogen-bond acceptors (Lipinski definition) is 7. The number of hydrogen-bond donors (Lipinski definition) is 2. The molecule has 0 aliphatic carbocycles. The highest BCUT2D eigenvalue weighted by atomic mass is 19.1. The van der Waals surface area contributed by atoms with Crippen molar-refractivity contribution in [2.75, 3.05) is 37.6 Å². The molecule has 0 unspecified atom stereocenters. The van der Waals surface area contributed by atoms with Crippen molar-refractivity contribution in [3.63, 3.8) is 0 Å². The van der Waals surface area contributed by atoms with Gasteiger partial charge in [-0.1, -0.05) is 6.07 Å². The van der Waals surface area contributed by atoms with Crippen molar-refractivity contribution in [1.82, 2.24) is 24.7 Å². The van der Waals surface area contributed by atoms with E-state index in [1.54, 1.807) is 12.4 Å². The van der Waals surface area contributed by atoms with Crippen LogP contribution in [0.3, 0.4) is 0 Å². The van der Waals surface area contributed by atoms with Crippen LogP contribution in [-0.4, -0.2) is 62.8 Å². The Balaban J connectivity index is 1.17. The van der Waals surface area contributed by atoms with E-state index in [-0.39, 0.29) is 17.9 Å².